The molecule has 20 heavy (non-hydrogen) atoms. The molecule has 0 saturated carbocycles. The van der Waals surface area contributed by atoms with E-state index in [1.165, 1.54) is 30.3 Å². The van der Waals surface area contributed by atoms with E-state index in [0.29, 0.717) is 12.1 Å². The van der Waals surface area contributed by atoms with Crippen molar-refractivity contribution in [3.8, 4) is 11.1 Å². The number of benzene rings is 2. The summed E-state index contributed by atoms with van der Waals surface area (Å²) >= 11 is 0. The standard InChI is InChI=1S/C15H13F4N/c1-20-9-11-7-6-10(8-14(11)16)12-4-2-3-5-13(12)15(17,18)19/h2-8,20H,9H2,1H3. The smallest absolute Gasteiger partial charge is 0.316 e. The highest BCUT2D eigenvalue weighted by Gasteiger charge is 2.33. The molecule has 0 unspecified atom stereocenters. The van der Waals surface area contributed by atoms with Gasteiger partial charge in [0.2, 0.25) is 0 Å². The van der Waals surface area contributed by atoms with Gasteiger partial charge in [0.1, 0.15) is 5.82 Å². The molecule has 0 amide bonds. The molecule has 0 saturated heterocycles. The highest BCUT2D eigenvalue weighted by atomic mass is 19.4. The van der Waals surface area contributed by atoms with Gasteiger partial charge < -0.3 is 5.32 Å². The van der Waals surface area contributed by atoms with Crippen LogP contribution in [0.25, 0.3) is 11.1 Å². The van der Waals surface area contributed by atoms with Gasteiger partial charge in [0.25, 0.3) is 0 Å². The molecule has 0 spiro atoms. The fourth-order valence-electron chi connectivity index (χ4n) is 2.03. The minimum atomic E-state index is -4.46. The Balaban J connectivity index is 2.50. The van der Waals surface area contributed by atoms with Crippen LogP contribution in [0, 0.1) is 5.82 Å². The van der Waals surface area contributed by atoms with Gasteiger partial charge >= 0.3 is 6.18 Å². The molecular formula is C15H13F4N. The third-order valence-corrected chi connectivity index (χ3v) is 2.96. The summed E-state index contributed by atoms with van der Waals surface area (Å²) in [7, 11) is 1.67. The predicted octanol–water partition coefficient (Wildman–Crippen LogP) is 4.23. The van der Waals surface area contributed by atoms with Crippen molar-refractivity contribution < 1.29 is 17.6 Å². The maximum absolute atomic E-state index is 13.8. The van der Waals surface area contributed by atoms with E-state index in [1.807, 2.05) is 0 Å². The molecule has 0 atom stereocenters. The summed E-state index contributed by atoms with van der Waals surface area (Å²) in [6.45, 7) is 0.326. The topological polar surface area (TPSA) is 12.0 Å². The van der Waals surface area contributed by atoms with Crippen molar-refractivity contribution in [1.82, 2.24) is 5.32 Å². The number of nitrogens with one attached hydrogen (secondary N) is 1. The summed E-state index contributed by atoms with van der Waals surface area (Å²) < 4.78 is 52.6. The number of hydrogen-bond acceptors (Lipinski definition) is 1. The average molecular weight is 283 g/mol. The molecule has 2 rings (SSSR count). The molecule has 0 aromatic heterocycles. The average Bonchev–Trinajstić information content (AvgIpc) is 2.40. The molecule has 0 fully saturated rings. The van der Waals surface area contributed by atoms with Crippen molar-refractivity contribution in [2.24, 2.45) is 0 Å². The van der Waals surface area contributed by atoms with Crippen LogP contribution < -0.4 is 5.32 Å². The van der Waals surface area contributed by atoms with Crippen molar-refractivity contribution in [3.05, 3.63) is 59.4 Å². The summed E-state index contributed by atoms with van der Waals surface area (Å²) in [5.74, 6) is -0.520. The van der Waals surface area contributed by atoms with Crippen LogP contribution in [0.1, 0.15) is 11.1 Å². The zero-order valence-electron chi connectivity index (χ0n) is 10.8. The first-order valence-electron chi connectivity index (χ1n) is 6.03. The second-order valence-corrected chi connectivity index (χ2v) is 4.38. The molecule has 106 valence electrons. The Labute approximate surface area is 114 Å². The molecule has 0 radical (unpaired) electrons. The van der Waals surface area contributed by atoms with E-state index in [4.69, 9.17) is 0 Å². The minimum absolute atomic E-state index is 0.0186. The molecule has 5 heteroatoms. The molecule has 0 aliphatic heterocycles. The van der Waals surface area contributed by atoms with Crippen LogP contribution in [0.15, 0.2) is 42.5 Å². The van der Waals surface area contributed by atoms with Crippen LogP contribution in [0.5, 0.6) is 0 Å². The molecule has 1 N–H and O–H groups in total. The summed E-state index contributed by atoms with van der Waals surface area (Å²) in [4.78, 5) is 0. The number of halogens is 4. The lowest BCUT2D eigenvalue weighted by Gasteiger charge is -2.13. The van der Waals surface area contributed by atoms with Gasteiger partial charge in [-0.15, -0.1) is 0 Å². The van der Waals surface area contributed by atoms with Gasteiger partial charge in [0.05, 0.1) is 5.56 Å². The fraction of sp³-hybridized carbons (Fsp3) is 0.200. The normalized spacial score (nSPS) is 11.7. The van der Waals surface area contributed by atoms with Crippen LogP contribution >= 0.6 is 0 Å². The van der Waals surface area contributed by atoms with Crippen molar-refractivity contribution in [2.75, 3.05) is 7.05 Å². The lowest BCUT2D eigenvalue weighted by molar-refractivity contribution is -0.137. The molecule has 2 aromatic rings. The number of hydrogen-bond donors (Lipinski definition) is 1. The van der Waals surface area contributed by atoms with E-state index in [-0.39, 0.29) is 11.1 Å². The summed E-state index contributed by atoms with van der Waals surface area (Å²) in [6, 6.07) is 9.29. The van der Waals surface area contributed by atoms with Crippen molar-refractivity contribution in [3.63, 3.8) is 0 Å². The van der Waals surface area contributed by atoms with Crippen molar-refractivity contribution >= 4 is 0 Å². The lowest BCUT2D eigenvalue weighted by Crippen LogP contribution is -2.08. The zero-order valence-corrected chi connectivity index (χ0v) is 10.8. The molecular weight excluding hydrogens is 270 g/mol. The first kappa shape index (κ1) is 14.5. The van der Waals surface area contributed by atoms with Crippen LogP contribution in [-0.2, 0) is 12.7 Å². The second-order valence-electron chi connectivity index (χ2n) is 4.38. The zero-order chi connectivity index (χ0) is 14.8. The van der Waals surface area contributed by atoms with E-state index in [2.05, 4.69) is 5.32 Å². The number of alkyl halides is 3. The molecule has 0 aliphatic rings. The second kappa shape index (κ2) is 5.63. The van der Waals surface area contributed by atoms with Gasteiger partial charge in [-0.3, -0.25) is 0 Å². The molecule has 0 heterocycles. The predicted molar refractivity (Wildman–Crippen MR) is 69.6 cm³/mol. The summed E-state index contributed by atoms with van der Waals surface area (Å²) in [6.07, 6.45) is -4.46. The van der Waals surface area contributed by atoms with E-state index in [1.54, 1.807) is 7.05 Å². The van der Waals surface area contributed by atoms with Crippen LogP contribution in [0.2, 0.25) is 0 Å². The third kappa shape index (κ3) is 2.99. The Hall–Kier alpha value is -1.88. The van der Waals surface area contributed by atoms with Crippen LogP contribution in [0.4, 0.5) is 17.6 Å². The third-order valence-electron chi connectivity index (χ3n) is 2.96. The lowest BCUT2D eigenvalue weighted by atomic mass is 9.98. The Kier molecular flexibility index (Phi) is 4.09. The highest BCUT2D eigenvalue weighted by molar-refractivity contribution is 5.68. The summed E-state index contributed by atoms with van der Waals surface area (Å²) in [5.41, 5.74) is -0.147. The van der Waals surface area contributed by atoms with E-state index >= 15 is 0 Å². The quantitative estimate of drug-likeness (QED) is 0.831. The molecule has 1 nitrogen and oxygen atoms in total. The molecule has 0 aliphatic carbocycles. The van der Waals surface area contributed by atoms with Gasteiger partial charge in [-0.1, -0.05) is 30.3 Å². The first-order chi connectivity index (χ1) is 9.43. The fourth-order valence-corrected chi connectivity index (χ4v) is 2.03. The van der Waals surface area contributed by atoms with Gasteiger partial charge in [-0.05, 0) is 30.3 Å². The van der Waals surface area contributed by atoms with E-state index in [9.17, 15) is 17.6 Å². The molecule has 0 bridgehead atoms. The Bertz CT molecular complexity index is 605. The van der Waals surface area contributed by atoms with E-state index < -0.39 is 17.6 Å². The van der Waals surface area contributed by atoms with Crippen molar-refractivity contribution in [2.45, 2.75) is 12.7 Å². The Morgan fingerprint density at radius 3 is 2.35 bits per heavy atom. The largest absolute Gasteiger partial charge is 0.417 e. The summed E-state index contributed by atoms with van der Waals surface area (Å²) in [5, 5.41) is 2.80. The Morgan fingerprint density at radius 1 is 1.05 bits per heavy atom. The van der Waals surface area contributed by atoms with Gasteiger partial charge in [0, 0.05) is 12.1 Å². The maximum Gasteiger partial charge on any atom is 0.417 e. The van der Waals surface area contributed by atoms with Crippen LogP contribution in [-0.4, -0.2) is 7.05 Å². The van der Waals surface area contributed by atoms with Gasteiger partial charge in [-0.25, -0.2) is 4.39 Å². The maximum atomic E-state index is 13.8. The number of rotatable bonds is 3. The van der Waals surface area contributed by atoms with Gasteiger partial charge in [-0.2, -0.15) is 13.2 Å². The Morgan fingerprint density at radius 2 is 1.75 bits per heavy atom. The van der Waals surface area contributed by atoms with Gasteiger partial charge in [0.15, 0.2) is 0 Å². The van der Waals surface area contributed by atoms with Crippen LogP contribution in [0.3, 0.4) is 0 Å². The minimum Gasteiger partial charge on any atom is -0.316 e. The first-order valence-corrected chi connectivity index (χ1v) is 6.03. The monoisotopic (exact) mass is 283 g/mol. The SMILES string of the molecule is CNCc1ccc(-c2ccccc2C(F)(F)F)cc1F. The van der Waals surface area contributed by atoms with Crippen molar-refractivity contribution in [1.29, 1.82) is 0 Å². The highest BCUT2D eigenvalue weighted by Crippen LogP contribution is 2.37. The van der Waals surface area contributed by atoms with E-state index in [0.717, 1.165) is 12.1 Å². The molecule has 2 aromatic carbocycles.